The number of rotatable bonds is 5. The van der Waals surface area contributed by atoms with E-state index >= 15 is 0 Å². The lowest BCUT2D eigenvalue weighted by molar-refractivity contribution is -0.307. The Labute approximate surface area is 229 Å². The summed E-state index contributed by atoms with van der Waals surface area (Å²) in [7, 11) is 1.66. The van der Waals surface area contributed by atoms with Crippen LogP contribution in [0.4, 0.5) is 0 Å². The second-order valence-electron chi connectivity index (χ2n) is 12.1. The van der Waals surface area contributed by atoms with Crippen molar-refractivity contribution in [1.82, 2.24) is 10.2 Å². The van der Waals surface area contributed by atoms with Gasteiger partial charge in [0.05, 0.1) is 42.8 Å². The summed E-state index contributed by atoms with van der Waals surface area (Å²) in [6.07, 6.45) is 7.01. The highest BCUT2D eigenvalue weighted by Crippen LogP contribution is 2.64. The number of benzene rings is 1. The number of hydrogen-bond acceptors (Lipinski definition) is 7. The van der Waals surface area contributed by atoms with Crippen molar-refractivity contribution in [2.24, 2.45) is 22.7 Å². The number of H-pyrrole nitrogens is 1. The van der Waals surface area contributed by atoms with Crippen LogP contribution >= 0.6 is 0 Å². The zero-order valence-corrected chi connectivity index (χ0v) is 22.9. The van der Waals surface area contributed by atoms with Crippen LogP contribution in [0.1, 0.15) is 57.8 Å². The Morgan fingerprint density at radius 2 is 2.03 bits per heavy atom. The number of nitrogens with zero attached hydrogens (tertiary/aromatic N) is 1. The van der Waals surface area contributed by atoms with Gasteiger partial charge in [-0.3, -0.25) is 5.10 Å². The Kier molecular flexibility index (Phi) is 6.68. The molecule has 2 aliphatic carbocycles. The van der Waals surface area contributed by atoms with E-state index in [1.54, 1.807) is 13.3 Å². The van der Waals surface area contributed by atoms with E-state index in [-0.39, 0.29) is 29.5 Å². The summed E-state index contributed by atoms with van der Waals surface area (Å²) in [5.41, 5.74) is 4.25. The molecule has 8 nitrogen and oxygen atoms in total. The van der Waals surface area contributed by atoms with Crippen LogP contribution in [0.5, 0.6) is 5.75 Å². The number of esters is 1. The lowest BCUT2D eigenvalue weighted by Crippen LogP contribution is -2.60. The zero-order chi connectivity index (χ0) is 27.4. The van der Waals surface area contributed by atoms with Gasteiger partial charge in [0.25, 0.3) is 0 Å². The first-order valence-electron chi connectivity index (χ1n) is 13.9. The zero-order valence-electron chi connectivity index (χ0n) is 22.9. The molecule has 2 saturated carbocycles. The highest BCUT2D eigenvalue weighted by atomic mass is 16.7. The van der Waals surface area contributed by atoms with E-state index in [0.29, 0.717) is 24.5 Å². The molecular weight excluding hydrogens is 496 g/mol. The molecule has 3 heterocycles. The summed E-state index contributed by atoms with van der Waals surface area (Å²) in [6.45, 7) is 9.78. The molecule has 1 aromatic heterocycles. The van der Waals surface area contributed by atoms with Crippen molar-refractivity contribution in [3.63, 3.8) is 0 Å². The molecule has 208 valence electrons. The minimum absolute atomic E-state index is 0.00540. The number of allylic oxidation sites excluding steroid dienone is 2. The third kappa shape index (κ3) is 4.33. The predicted molar refractivity (Wildman–Crippen MR) is 145 cm³/mol. The molecular formula is C31H38N2O6. The molecule has 8 heteroatoms. The highest BCUT2D eigenvalue weighted by Gasteiger charge is 2.60. The first-order chi connectivity index (χ1) is 18.7. The Hall–Kier alpha value is -2.94. The fourth-order valence-corrected chi connectivity index (χ4v) is 7.82. The van der Waals surface area contributed by atoms with Crippen molar-refractivity contribution in [3.05, 3.63) is 59.8 Å². The Morgan fingerprint density at radius 1 is 1.23 bits per heavy atom. The average molecular weight is 535 g/mol. The van der Waals surface area contributed by atoms with Gasteiger partial charge in [0.1, 0.15) is 18.5 Å². The molecule has 2 aromatic rings. The molecule has 0 radical (unpaired) electrons. The van der Waals surface area contributed by atoms with Gasteiger partial charge in [-0.2, -0.15) is 5.10 Å². The number of hydrogen-bond donors (Lipinski definition) is 2. The first kappa shape index (κ1) is 26.3. The first-order valence-corrected chi connectivity index (χ1v) is 13.9. The number of aromatic amines is 1. The van der Waals surface area contributed by atoms with Crippen LogP contribution in [0.3, 0.4) is 0 Å². The Bertz CT molecular complexity index is 1280. The number of aliphatic hydroxyl groups excluding tert-OH is 1. The van der Waals surface area contributed by atoms with Crippen molar-refractivity contribution in [2.75, 3.05) is 20.3 Å². The van der Waals surface area contributed by atoms with Crippen molar-refractivity contribution in [3.8, 4) is 17.0 Å². The third-order valence-electron chi connectivity index (χ3n) is 9.99. The number of aliphatic hydroxyl groups is 1. The molecule has 1 aromatic carbocycles. The van der Waals surface area contributed by atoms with E-state index in [1.165, 1.54) is 5.57 Å². The van der Waals surface area contributed by atoms with Gasteiger partial charge in [-0.15, -0.1) is 0 Å². The number of methoxy groups -OCH3 is 1. The smallest absolute Gasteiger partial charge is 0.336 e. The highest BCUT2D eigenvalue weighted by molar-refractivity contribution is 5.91. The summed E-state index contributed by atoms with van der Waals surface area (Å²) in [5.74, 6) is 0.990. The van der Waals surface area contributed by atoms with Gasteiger partial charge in [-0.25, -0.2) is 4.79 Å². The van der Waals surface area contributed by atoms with E-state index in [4.69, 9.17) is 18.9 Å². The average Bonchev–Trinajstić information content (AvgIpc) is 3.54. The topological polar surface area (TPSA) is 103 Å². The summed E-state index contributed by atoms with van der Waals surface area (Å²) in [5, 5.41) is 17.6. The number of nitrogens with one attached hydrogen (secondary N) is 1. The molecule has 0 bridgehead atoms. The molecule has 4 fully saturated rings. The SMILES string of the molecule is C=C1CC[C@@H]2[C@]3(C)COC(c4cn[nH]c4-c4ccc(OC)cc4)O[C@@H]3CC[C@@]2(C)[C@@H]1C/C=C1/C(=O)OCC1O. The quantitative estimate of drug-likeness (QED) is 0.312. The minimum Gasteiger partial charge on any atom is -0.497 e. The molecule has 39 heavy (non-hydrogen) atoms. The third-order valence-corrected chi connectivity index (χ3v) is 9.99. The largest absolute Gasteiger partial charge is 0.497 e. The van der Waals surface area contributed by atoms with Crippen LogP contribution in [0.2, 0.25) is 0 Å². The van der Waals surface area contributed by atoms with Crippen LogP contribution < -0.4 is 4.74 Å². The van der Waals surface area contributed by atoms with Crippen LogP contribution in [0.15, 0.2) is 54.3 Å². The second kappa shape index (κ2) is 9.91. The van der Waals surface area contributed by atoms with Gasteiger partial charge >= 0.3 is 5.97 Å². The van der Waals surface area contributed by atoms with Gasteiger partial charge < -0.3 is 24.1 Å². The van der Waals surface area contributed by atoms with Gasteiger partial charge in [0, 0.05) is 11.0 Å². The van der Waals surface area contributed by atoms with Gasteiger partial charge in [0.15, 0.2) is 6.29 Å². The molecule has 0 spiro atoms. The van der Waals surface area contributed by atoms with Crippen molar-refractivity contribution in [1.29, 1.82) is 0 Å². The lowest BCUT2D eigenvalue weighted by atomic mass is 9.46. The van der Waals surface area contributed by atoms with E-state index < -0.39 is 18.4 Å². The maximum absolute atomic E-state index is 12.1. The maximum atomic E-state index is 12.1. The molecule has 2 saturated heterocycles. The van der Waals surface area contributed by atoms with E-state index in [0.717, 1.165) is 48.3 Å². The number of ether oxygens (including phenoxy) is 4. The number of cyclic esters (lactones) is 1. The summed E-state index contributed by atoms with van der Waals surface area (Å²) >= 11 is 0. The van der Waals surface area contributed by atoms with Crippen LogP contribution in [-0.4, -0.2) is 53.8 Å². The molecule has 2 aliphatic heterocycles. The molecule has 2 unspecified atom stereocenters. The fourth-order valence-electron chi connectivity index (χ4n) is 7.82. The van der Waals surface area contributed by atoms with Crippen molar-refractivity contribution < 1.29 is 28.8 Å². The number of aromatic nitrogens is 2. The standard InChI is InChI=1S/C31H38N2O6/c1-18-5-12-25-30(2,23(18)11-10-21-24(34)16-37-28(21)35)14-13-26-31(25,3)17-38-29(39-26)22-15-32-33-27(22)19-6-8-20(36-4)9-7-19/h6-10,15,23-26,29,34H,1,5,11-14,16-17H2,2-4H3,(H,32,33)/b21-10+/t23-,24?,25+,26-,29?,30+,31+/m1/s1. The molecule has 6 rings (SSSR count). The van der Waals surface area contributed by atoms with Gasteiger partial charge in [0.2, 0.25) is 0 Å². The molecule has 2 N–H and O–H groups in total. The summed E-state index contributed by atoms with van der Waals surface area (Å²) < 4.78 is 23.6. The maximum Gasteiger partial charge on any atom is 0.336 e. The molecule has 4 aliphatic rings. The minimum atomic E-state index is -0.839. The number of fused-ring (bicyclic) bond motifs is 3. The van der Waals surface area contributed by atoms with Gasteiger partial charge in [-0.05, 0) is 73.6 Å². The number of carbonyl (C=O) groups is 1. The van der Waals surface area contributed by atoms with Gasteiger partial charge in [-0.1, -0.05) is 32.1 Å². The molecule has 0 amide bonds. The number of carbonyl (C=O) groups excluding carboxylic acids is 1. The van der Waals surface area contributed by atoms with Crippen molar-refractivity contribution >= 4 is 5.97 Å². The predicted octanol–water partition coefficient (Wildman–Crippen LogP) is 5.12. The normalized spacial score (nSPS) is 37.3. The van der Waals surface area contributed by atoms with E-state index in [1.807, 2.05) is 30.3 Å². The second-order valence-corrected chi connectivity index (χ2v) is 12.1. The van der Waals surface area contributed by atoms with E-state index in [9.17, 15) is 9.90 Å². The molecule has 7 atom stereocenters. The Balaban J connectivity index is 1.22. The van der Waals surface area contributed by atoms with Crippen LogP contribution in [0, 0.1) is 22.7 Å². The van der Waals surface area contributed by atoms with Crippen LogP contribution in [-0.2, 0) is 19.0 Å². The fraction of sp³-hybridized carbons (Fsp3) is 0.548. The Morgan fingerprint density at radius 3 is 2.74 bits per heavy atom. The van der Waals surface area contributed by atoms with Crippen LogP contribution in [0.25, 0.3) is 11.3 Å². The summed E-state index contributed by atoms with van der Waals surface area (Å²) in [6, 6.07) is 7.87. The van der Waals surface area contributed by atoms with E-state index in [2.05, 4.69) is 30.6 Å². The lowest BCUT2D eigenvalue weighted by Gasteiger charge is -2.62. The summed E-state index contributed by atoms with van der Waals surface area (Å²) in [4.78, 5) is 12.1. The monoisotopic (exact) mass is 534 g/mol. The van der Waals surface area contributed by atoms with Crippen molar-refractivity contribution in [2.45, 2.75) is 64.4 Å².